The van der Waals surface area contributed by atoms with Gasteiger partial charge in [0.15, 0.2) is 0 Å². The van der Waals surface area contributed by atoms with E-state index in [1.807, 2.05) is 0 Å². The summed E-state index contributed by atoms with van der Waals surface area (Å²) in [4.78, 5) is 48.9. The van der Waals surface area contributed by atoms with Gasteiger partial charge < -0.3 is 4.74 Å². The summed E-state index contributed by atoms with van der Waals surface area (Å²) in [5.41, 5.74) is -0.824. The van der Waals surface area contributed by atoms with Gasteiger partial charge in [-0.05, 0) is 36.7 Å². The van der Waals surface area contributed by atoms with E-state index in [-0.39, 0.29) is 28.1 Å². The van der Waals surface area contributed by atoms with Gasteiger partial charge >= 0.3 is 5.97 Å². The Hall–Kier alpha value is -2.77. The van der Waals surface area contributed by atoms with Gasteiger partial charge in [-0.25, -0.2) is 0 Å². The van der Waals surface area contributed by atoms with Crippen molar-refractivity contribution in [3.63, 3.8) is 0 Å². The van der Waals surface area contributed by atoms with Crippen LogP contribution in [0.5, 0.6) is 0 Å². The van der Waals surface area contributed by atoms with Crippen molar-refractivity contribution in [1.29, 1.82) is 0 Å². The summed E-state index contributed by atoms with van der Waals surface area (Å²) < 4.78 is 5.70. The molecule has 2 amide bonds. The Bertz CT molecular complexity index is 923. The van der Waals surface area contributed by atoms with Crippen molar-refractivity contribution in [3.8, 4) is 0 Å². The van der Waals surface area contributed by atoms with E-state index in [0.717, 1.165) is 24.2 Å². The van der Waals surface area contributed by atoms with Crippen molar-refractivity contribution < 1.29 is 24.0 Å². The van der Waals surface area contributed by atoms with Crippen molar-refractivity contribution >= 4 is 23.5 Å². The van der Waals surface area contributed by atoms with E-state index >= 15 is 0 Å². The lowest BCUT2D eigenvalue weighted by molar-refractivity contribution is -0.385. The Kier molecular flexibility index (Phi) is 3.89. The largest absolute Gasteiger partial charge is 0.460 e. The molecule has 2 aliphatic carbocycles. The van der Waals surface area contributed by atoms with Crippen LogP contribution in [0.4, 0.5) is 5.69 Å². The molecule has 3 aliphatic rings. The topological polar surface area (TPSA) is 107 Å². The molecule has 0 aromatic heterocycles. The number of amides is 2. The highest BCUT2D eigenvalue weighted by Gasteiger charge is 2.63. The van der Waals surface area contributed by atoms with Crippen LogP contribution in [-0.2, 0) is 9.53 Å². The minimum atomic E-state index is -0.830. The van der Waals surface area contributed by atoms with Gasteiger partial charge in [-0.2, -0.15) is 0 Å². The van der Waals surface area contributed by atoms with Crippen LogP contribution in [0.1, 0.15) is 60.7 Å². The monoisotopic (exact) mass is 386 g/mol. The maximum Gasteiger partial charge on any atom is 0.326 e. The Labute approximate surface area is 162 Å². The van der Waals surface area contributed by atoms with Crippen LogP contribution < -0.4 is 0 Å². The van der Waals surface area contributed by atoms with Crippen LogP contribution in [0, 0.1) is 26.9 Å². The highest BCUT2D eigenvalue weighted by atomic mass is 16.6. The molecular weight excluding hydrogens is 364 g/mol. The second-order valence-electron chi connectivity index (χ2n) is 8.74. The highest BCUT2D eigenvalue weighted by Crippen LogP contribution is 2.66. The first-order valence-corrected chi connectivity index (χ1v) is 9.41. The molecule has 0 radical (unpaired) electrons. The number of benzene rings is 1. The van der Waals surface area contributed by atoms with Crippen LogP contribution in [0.3, 0.4) is 0 Å². The molecule has 3 atom stereocenters. The van der Waals surface area contributed by atoms with Gasteiger partial charge in [0.25, 0.3) is 17.5 Å². The lowest BCUT2D eigenvalue weighted by atomic mass is 9.70. The molecule has 1 aliphatic heterocycles. The Morgan fingerprint density at radius 2 is 2.00 bits per heavy atom. The van der Waals surface area contributed by atoms with E-state index in [4.69, 9.17) is 4.74 Å². The SMILES string of the molecule is CC1(C)[C@@H]2CC[C@@]1(C)[C@@H](OC(=O)CN1C(=O)c3cccc([N+](=O)[O-])c3C1=O)C2. The molecule has 0 spiro atoms. The molecule has 0 unspecified atom stereocenters. The zero-order chi connectivity index (χ0) is 20.4. The molecule has 0 saturated heterocycles. The molecule has 8 nitrogen and oxygen atoms in total. The number of hydrogen-bond acceptors (Lipinski definition) is 6. The third-order valence-corrected chi connectivity index (χ3v) is 7.45. The maximum absolute atomic E-state index is 12.6. The summed E-state index contributed by atoms with van der Waals surface area (Å²) in [5, 5.41) is 11.2. The Balaban J connectivity index is 1.51. The standard InChI is InChI=1S/C20H22N2O6/c1-19(2)11-7-8-20(19,3)14(9-11)28-15(23)10-21-17(24)12-5-4-6-13(22(26)27)16(12)18(21)25/h4-6,11,14H,7-10H2,1-3H3/t11-,14+,20+/m1/s1. The minimum Gasteiger partial charge on any atom is -0.460 e. The van der Waals surface area contributed by atoms with Gasteiger partial charge in [0.1, 0.15) is 18.2 Å². The molecule has 0 N–H and O–H groups in total. The number of imide groups is 1. The molecule has 1 aromatic carbocycles. The molecule has 148 valence electrons. The summed E-state index contributed by atoms with van der Waals surface area (Å²) >= 11 is 0. The third kappa shape index (κ3) is 2.33. The van der Waals surface area contributed by atoms with E-state index in [2.05, 4.69) is 20.8 Å². The predicted octanol–water partition coefficient (Wildman–Crippen LogP) is 2.95. The first-order valence-electron chi connectivity index (χ1n) is 9.41. The maximum atomic E-state index is 12.6. The van der Waals surface area contributed by atoms with E-state index in [0.29, 0.717) is 5.92 Å². The van der Waals surface area contributed by atoms with Crippen LogP contribution in [-0.4, -0.2) is 40.3 Å². The average Bonchev–Trinajstić information content (AvgIpc) is 3.08. The number of esters is 1. The van der Waals surface area contributed by atoms with Gasteiger partial charge in [0.05, 0.1) is 10.5 Å². The van der Waals surface area contributed by atoms with Crippen molar-refractivity contribution in [1.82, 2.24) is 4.90 Å². The summed E-state index contributed by atoms with van der Waals surface area (Å²) in [7, 11) is 0. The van der Waals surface area contributed by atoms with Gasteiger partial charge in [-0.3, -0.25) is 29.4 Å². The first kappa shape index (κ1) is 18.6. The van der Waals surface area contributed by atoms with E-state index in [9.17, 15) is 24.5 Å². The molecule has 8 heteroatoms. The average molecular weight is 386 g/mol. The second-order valence-corrected chi connectivity index (χ2v) is 8.74. The van der Waals surface area contributed by atoms with Gasteiger partial charge in [-0.15, -0.1) is 0 Å². The van der Waals surface area contributed by atoms with Crippen molar-refractivity contribution in [2.24, 2.45) is 16.7 Å². The normalized spacial score (nSPS) is 29.9. The summed E-state index contributed by atoms with van der Waals surface area (Å²) in [6.07, 6.45) is 2.61. The number of nitro benzene ring substituents is 1. The smallest absolute Gasteiger partial charge is 0.326 e. The number of rotatable bonds is 4. The van der Waals surface area contributed by atoms with Crippen molar-refractivity contribution in [2.45, 2.75) is 46.1 Å². The fraction of sp³-hybridized carbons (Fsp3) is 0.550. The third-order valence-electron chi connectivity index (χ3n) is 7.45. The zero-order valence-corrected chi connectivity index (χ0v) is 16.1. The number of nitro groups is 1. The number of carbonyl (C=O) groups is 3. The van der Waals surface area contributed by atoms with Crippen molar-refractivity contribution in [2.75, 3.05) is 6.54 Å². The minimum absolute atomic E-state index is 0.0555. The molecule has 1 aromatic rings. The lowest BCUT2D eigenvalue weighted by Gasteiger charge is -2.38. The number of ether oxygens (including phenoxy) is 1. The van der Waals surface area contributed by atoms with Crippen LogP contribution in [0.25, 0.3) is 0 Å². The van der Waals surface area contributed by atoms with Crippen LogP contribution >= 0.6 is 0 Å². The Morgan fingerprint density at radius 1 is 1.29 bits per heavy atom. The van der Waals surface area contributed by atoms with E-state index in [1.54, 1.807) is 0 Å². The fourth-order valence-corrected chi connectivity index (χ4v) is 5.24. The molecular formula is C20H22N2O6. The number of carbonyl (C=O) groups excluding carboxylic acids is 3. The highest BCUT2D eigenvalue weighted by molar-refractivity contribution is 6.24. The quantitative estimate of drug-likeness (QED) is 0.341. The Morgan fingerprint density at radius 3 is 2.57 bits per heavy atom. The van der Waals surface area contributed by atoms with E-state index in [1.165, 1.54) is 18.2 Å². The molecule has 2 fully saturated rings. The number of hydrogen-bond donors (Lipinski definition) is 0. The molecule has 2 saturated carbocycles. The second kappa shape index (κ2) is 5.86. The van der Waals surface area contributed by atoms with Crippen LogP contribution in [0.15, 0.2) is 18.2 Å². The summed E-state index contributed by atoms with van der Waals surface area (Å²) in [6, 6.07) is 3.87. The number of fused-ring (bicyclic) bond motifs is 3. The fourth-order valence-electron chi connectivity index (χ4n) is 5.24. The summed E-state index contributed by atoms with van der Waals surface area (Å²) in [6.45, 7) is 5.98. The molecule has 4 rings (SSSR count). The lowest BCUT2D eigenvalue weighted by Crippen LogP contribution is -2.41. The number of nitrogens with zero attached hydrogens (tertiary/aromatic N) is 2. The van der Waals surface area contributed by atoms with Crippen LogP contribution in [0.2, 0.25) is 0 Å². The summed E-state index contributed by atoms with van der Waals surface area (Å²) in [5.74, 6) is -1.71. The van der Waals surface area contributed by atoms with Gasteiger partial charge in [0, 0.05) is 11.5 Å². The predicted molar refractivity (Wildman–Crippen MR) is 97.6 cm³/mol. The van der Waals surface area contributed by atoms with Gasteiger partial charge in [-0.1, -0.05) is 26.8 Å². The zero-order valence-electron chi connectivity index (χ0n) is 16.1. The first-order chi connectivity index (χ1) is 13.1. The van der Waals surface area contributed by atoms with Crippen molar-refractivity contribution in [3.05, 3.63) is 39.4 Å². The van der Waals surface area contributed by atoms with E-state index < -0.39 is 34.9 Å². The molecule has 1 heterocycles. The van der Waals surface area contributed by atoms with Gasteiger partial charge in [0.2, 0.25) is 0 Å². The molecule has 2 bridgehead atoms. The molecule has 28 heavy (non-hydrogen) atoms.